The molecule has 4 heteroatoms. The average molecular weight is 165 g/mol. The molecular formula is C5H12NOPS. The fourth-order valence-electron chi connectivity index (χ4n) is 0.927. The minimum absolute atomic E-state index is 0. The third-order valence-corrected chi connectivity index (χ3v) is 1.92. The molecule has 0 aliphatic carbocycles. The number of carbonyl (C=O) groups excluding carboxylic acids is 1. The van der Waals surface area contributed by atoms with Gasteiger partial charge in [0.2, 0.25) is 0 Å². The van der Waals surface area contributed by atoms with Gasteiger partial charge >= 0.3 is 0 Å². The third-order valence-electron chi connectivity index (χ3n) is 1.45. The van der Waals surface area contributed by atoms with Crippen molar-refractivity contribution in [1.29, 1.82) is 0 Å². The van der Waals surface area contributed by atoms with E-state index >= 15 is 0 Å². The van der Waals surface area contributed by atoms with Crippen LogP contribution in [0.4, 0.5) is 0 Å². The topological polar surface area (TPSA) is 20.3 Å². The van der Waals surface area contributed by atoms with Gasteiger partial charge in [0.1, 0.15) is 6.29 Å². The van der Waals surface area contributed by atoms with Crippen LogP contribution in [0.3, 0.4) is 0 Å². The van der Waals surface area contributed by atoms with Crippen LogP contribution in [0.15, 0.2) is 0 Å². The van der Waals surface area contributed by atoms with Gasteiger partial charge in [0.25, 0.3) is 0 Å². The van der Waals surface area contributed by atoms with E-state index < -0.39 is 0 Å². The first-order valence-electron chi connectivity index (χ1n) is 2.78. The van der Waals surface area contributed by atoms with Gasteiger partial charge in [0, 0.05) is 19.0 Å². The summed E-state index contributed by atoms with van der Waals surface area (Å²) < 4.78 is 2.10. The third kappa shape index (κ3) is 2.65. The van der Waals surface area contributed by atoms with Crippen molar-refractivity contribution in [3.05, 3.63) is 0 Å². The molecule has 9 heavy (non-hydrogen) atoms. The largest absolute Gasteiger partial charge is 0.303 e. The summed E-state index contributed by atoms with van der Waals surface area (Å²) in [5.41, 5.74) is 0. The molecule has 1 aliphatic rings. The average Bonchev–Trinajstić information content (AvgIpc) is 2.14. The second kappa shape index (κ2) is 4.26. The van der Waals surface area contributed by atoms with Crippen LogP contribution >= 0.6 is 22.9 Å². The number of hydrogen-bond acceptors (Lipinski definition) is 2. The van der Waals surface area contributed by atoms with Crippen molar-refractivity contribution < 1.29 is 4.79 Å². The predicted molar refractivity (Wildman–Crippen MR) is 45.8 cm³/mol. The molecule has 1 rings (SSSR count). The molecule has 0 bridgehead atoms. The molecule has 0 radical (unpaired) electrons. The molecule has 0 spiro atoms. The molecule has 2 atom stereocenters. The van der Waals surface area contributed by atoms with Gasteiger partial charge < -0.3 is 4.79 Å². The zero-order chi connectivity index (χ0) is 5.98. The van der Waals surface area contributed by atoms with Crippen LogP contribution in [0.2, 0.25) is 0 Å². The lowest BCUT2D eigenvalue weighted by Gasteiger charge is -2.02. The molecule has 54 valence electrons. The minimum Gasteiger partial charge on any atom is -0.303 e. The van der Waals surface area contributed by atoms with E-state index in [9.17, 15) is 4.79 Å². The number of aldehydes is 1. The maximum atomic E-state index is 10.1. The molecule has 2 nitrogen and oxygen atoms in total. The summed E-state index contributed by atoms with van der Waals surface area (Å²) in [6.45, 7) is 1.97. The Balaban J connectivity index is 0.000000640. The number of carbonyl (C=O) groups is 1. The maximum absolute atomic E-state index is 10.1. The quantitative estimate of drug-likeness (QED) is 0.414. The fraction of sp³-hybridized carbons (Fsp3) is 0.800. The van der Waals surface area contributed by atoms with Gasteiger partial charge in [-0.3, -0.25) is 4.67 Å². The van der Waals surface area contributed by atoms with Gasteiger partial charge in [-0.25, -0.2) is 0 Å². The van der Waals surface area contributed by atoms with Gasteiger partial charge in [-0.05, 0) is 6.42 Å². The second-order valence-electron chi connectivity index (χ2n) is 2.18. The van der Waals surface area contributed by atoms with Crippen LogP contribution in [0.1, 0.15) is 6.42 Å². The Hall–Kier alpha value is 0.410. The first kappa shape index (κ1) is 9.41. The fourth-order valence-corrected chi connectivity index (χ4v) is 1.35. The van der Waals surface area contributed by atoms with Crippen molar-refractivity contribution >= 4 is 29.2 Å². The molecule has 0 saturated carbocycles. The molecule has 0 amide bonds. The first-order chi connectivity index (χ1) is 3.83. The minimum atomic E-state index is 0. The predicted octanol–water partition coefficient (Wildman–Crippen LogP) is 0.410. The lowest BCUT2D eigenvalue weighted by molar-refractivity contribution is -0.110. The van der Waals surface area contributed by atoms with Crippen LogP contribution in [0.5, 0.6) is 0 Å². The van der Waals surface area contributed by atoms with Crippen LogP contribution in [0, 0.1) is 5.92 Å². The van der Waals surface area contributed by atoms with E-state index in [-0.39, 0.29) is 13.5 Å². The van der Waals surface area contributed by atoms with Crippen LogP contribution in [-0.4, -0.2) is 24.0 Å². The Morgan fingerprint density at radius 2 is 2.33 bits per heavy atom. The molecule has 1 unspecified atom stereocenters. The van der Waals surface area contributed by atoms with Gasteiger partial charge in [-0.1, -0.05) is 9.39 Å². The molecule has 1 saturated heterocycles. The molecule has 1 fully saturated rings. The van der Waals surface area contributed by atoms with Crippen LogP contribution in [0.25, 0.3) is 0 Å². The summed E-state index contributed by atoms with van der Waals surface area (Å²) in [7, 11) is 2.60. The van der Waals surface area contributed by atoms with E-state index in [0.717, 1.165) is 25.8 Å². The van der Waals surface area contributed by atoms with Gasteiger partial charge in [-0.2, -0.15) is 13.5 Å². The molecular weight excluding hydrogens is 153 g/mol. The normalized spacial score (nSPS) is 27.4. The number of rotatable bonds is 1. The zero-order valence-corrected chi connectivity index (χ0v) is 7.36. The summed E-state index contributed by atoms with van der Waals surface area (Å²) in [4.78, 5) is 10.1. The van der Waals surface area contributed by atoms with E-state index in [1.165, 1.54) is 0 Å². The summed E-state index contributed by atoms with van der Waals surface area (Å²) in [5.74, 6) is 0.299. The zero-order valence-electron chi connectivity index (χ0n) is 5.21. The monoisotopic (exact) mass is 165 g/mol. The highest BCUT2D eigenvalue weighted by Gasteiger charge is 2.17. The maximum Gasteiger partial charge on any atom is 0.124 e. The Morgan fingerprint density at radius 1 is 1.67 bits per heavy atom. The lowest BCUT2D eigenvalue weighted by Crippen LogP contribution is -2.07. The van der Waals surface area contributed by atoms with E-state index in [4.69, 9.17) is 0 Å². The van der Waals surface area contributed by atoms with Crippen molar-refractivity contribution in [3.63, 3.8) is 0 Å². The summed E-state index contributed by atoms with van der Waals surface area (Å²) in [6.07, 6.45) is 2.08. The second-order valence-corrected chi connectivity index (χ2v) is 2.91. The Kier molecular flexibility index (Phi) is 4.46. The van der Waals surface area contributed by atoms with Crippen molar-refractivity contribution in [2.24, 2.45) is 5.92 Å². The highest BCUT2D eigenvalue weighted by atomic mass is 32.1. The van der Waals surface area contributed by atoms with E-state index in [1.54, 1.807) is 0 Å². The van der Waals surface area contributed by atoms with Crippen LogP contribution in [-0.2, 0) is 4.79 Å². The molecule has 0 N–H and O–H groups in total. The van der Waals surface area contributed by atoms with Gasteiger partial charge in [0.15, 0.2) is 0 Å². The molecule has 1 heterocycles. The molecule has 1 aliphatic heterocycles. The lowest BCUT2D eigenvalue weighted by atomic mass is 10.2. The van der Waals surface area contributed by atoms with Crippen molar-refractivity contribution in [1.82, 2.24) is 4.67 Å². The Morgan fingerprint density at radius 3 is 2.56 bits per heavy atom. The van der Waals surface area contributed by atoms with E-state index in [0.29, 0.717) is 5.92 Å². The Labute approximate surface area is 64.7 Å². The smallest absolute Gasteiger partial charge is 0.124 e. The highest BCUT2D eigenvalue weighted by Crippen LogP contribution is 2.16. The van der Waals surface area contributed by atoms with E-state index in [1.807, 2.05) is 0 Å². The standard InChI is InChI=1S/C5H10NOP.H2S/c7-4-5-1-2-6(8)3-5;/h4-5H,1-3,8H2;1H2/t5-;/m0./s1. The van der Waals surface area contributed by atoms with Gasteiger partial charge in [-0.15, -0.1) is 0 Å². The number of hydrogen-bond donors (Lipinski definition) is 0. The van der Waals surface area contributed by atoms with Crippen molar-refractivity contribution in [2.75, 3.05) is 13.1 Å². The SMILES string of the molecule is O=C[C@H]1CCN(P)C1.S. The van der Waals surface area contributed by atoms with Crippen LogP contribution < -0.4 is 0 Å². The van der Waals surface area contributed by atoms with Crippen molar-refractivity contribution in [3.8, 4) is 0 Å². The summed E-state index contributed by atoms with van der Waals surface area (Å²) in [6, 6.07) is 0. The molecule has 0 aromatic carbocycles. The molecule has 0 aromatic rings. The first-order valence-corrected chi connectivity index (χ1v) is 3.29. The van der Waals surface area contributed by atoms with Gasteiger partial charge in [0.05, 0.1) is 0 Å². The summed E-state index contributed by atoms with van der Waals surface area (Å²) in [5, 5.41) is 0. The molecule has 0 aromatic heterocycles. The number of nitrogens with zero attached hydrogens (tertiary/aromatic N) is 1. The highest BCUT2D eigenvalue weighted by molar-refractivity contribution is 7.59. The summed E-state index contributed by atoms with van der Waals surface area (Å²) >= 11 is 0. The van der Waals surface area contributed by atoms with E-state index in [2.05, 4.69) is 14.1 Å². The van der Waals surface area contributed by atoms with Crippen molar-refractivity contribution in [2.45, 2.75) is 6.42 Å². The Bertz CT molecular complexity index is 101.